The van der Waals surface area contributed by atoms with Crippen LogP contribution in [0.25, 0.3) is 0 Å². The first-order valence-electron chi connectivity index (χ1n) is 5.84. The largest absolute Gasteiger partial charge is 0.480 e. The number of hydrogen-bond donors (Lipinski definition) is 1. The number of rotatable bonds is 2. The van der Waals surface area contributed by atoms with Crippen LogP contribution in [0.3, 0.4) is 0 Å². The van der Waals surface area contributed by atoms with Crippen molar-refractivity contribution in [1.82, 2.24) is 15.3 Å². The molecule has 1 heterocycles. The zero-order valence-corrected chi connectivity index (χ0v) is 12.5. The van der Waals surface area contributed by atoms with E-state index in [2.05, 4.69) is 27.1 Å². The van der Waals surface area contributed by atoms with E-state index < -0.39 is 11.7 Å². The van der Waals surface area contributed by atoms with E-state index in [1.54, 1.807) is 20.8 Å². The standard InChI is InChI=1S/C13H16ClN3O3/c1-13(2,3)20-12(18)15-7-5-6-9-8-16-11(14)17-10(9)19-4/h8H,7H2,1-4H3,(H,15,18). The number of amides is 1. The number of nitrogens with one attached hydrogen (secondary N) is 1. The van der Waals surface area contributed by atoms with E-state index in [0.29, 0.717) is 5.56 Å². The predicted octanol–water partition coefficient (Wildman–Crippen LogP) is 2.01. The maximum absolute atomic E-state index is 11.4. The Labute approximate surface area is 122 Å². The number of carbonyl (C=O) groups is 1. The number of ether oxygens (including phenoxy) is 2. The van der Waals surface area contributed by atoms with Gasteiger partial charge in [-0.25, -0.2) is 9.78 Å². The SMILES string of the molecule is COc1nc(Cl)ncc1C#CCNC(=O)OC(C)(C)C. The van der Waals surface area contributed by atoms with Crippen LogP contribution in [0, 0.1) is 11.8 Å². The van der Waals surface area contributed by atoms with Crippen molar-refractivity contribution in [3.05, 3.63) is 17.0 Å². The topological polar surface area (TPSA) is 73.3 Å². The summed E-state index contributed by atoms with van der Waals surface area (Å²) in [5, 5.41) is 2.60. The number of halogens is 1. The van der Waals surface area contributed by atoms with Gasteiger partial charge in [-0.15, -0.1) is 0 Å². The Morgan fingerprint density at radius 3 is 2.80 bits per heavy atom. The molecule has 0 atom stereocenters. The molecule has 0 saturated heterocycles. The highest BCUT2D eigenvalue weighted by Crippen LogP contribution is 2.14. The van der Waals surface area contributed by atoms with Gasteiger partial charge >= 0.3 is 6.09 Å². The van der Waals surface area contributed by atoms with Gasteiger partial charge in [-0.2, -0.15) is 4.98 Å². The van der Waals surface area contributed by atoms with Gasteiger partial charge in [0.15, 0.2) is 0 Å². The van der Waals surface area contributed by atoms with E-state index >= 15 is 0 Å². The van der Waals surface area contributed by atoms with E-state index in [-0.39, 0.29) is 17.7 Å². The maximum Gasteiger partial charge on any atom is 0.408 e. The molecule has 20 heavy (non-hydrogen) atoms. The van der Waals surface area contributed by atoms with Crippen LogP contribution in [0.5, 0.6) is 5.88 Å². The lowest BCUT2D eigenvalue weighted by Crippen LogP contribution is -2.32. The molecule has 1 aromatic heterocycles. The molecule has 0 radical (unpaired) electrons. The lowest BCUT2D eigenvalue weighted by atomic mass is 10.2. The fourth-order valence-electron chi connectivity index (χ4n) is 1.16. The smallest absolute Gasteiger partial charge is 0.408 e. The van der Waals surface area contributed by atoms with E-state index in [1.807, 2.05) is 0 Å². The minimum absolute atomic E-state index is 0.0827. The van der Waals surface area contributed by atoms with Gasteiger partial charge in [-0.05, 0) is 32.4 Å². The van der Waals surface area contributed by atoms with Crippen LogP contribution in [0.15, 0.2) is 6.20 Å². The van der Waals surface area contributed by atoms with E-state index in [4.69, 9.17) is 21.1 Å². The van der Waals surface area contributed by atoms with Crippen molar-refractivity contribution in [3.8, 4) is 17.7 Å². The summed E-state index contributed by atoms with van der Waals surface area (Å²) >= 11 is 5.64. The van der Waals surface area contributed by atoms with Gasteiger partial charge in [0.2, 0.25) is 11.2 Å². The van der Waals surface area contributed by atoms with Crippen LogP contribution in [0.4, 0.5) is 4.79 Å². The summed E-state index contributed by atoms with van der Waals surface area (Å²) in [6, 6.07) is 0. The van der Waals surface area contributed by atoms with Crippen LogP contribution in [0.2, 0.25) is 5.28 Å². The summed E-state index contributed by atoms with van der Waals surface area (Å²) in [5.74, 6) is 5.81. The number of methoxy groups -OCH3 is 1. The maximum atomic E-state index is 11.4. The normalized spacial score (nSPS) is 10.2. The van der Waals surface area contributed by atoms with Crippen LogP contribution < -0.4 is 10.1 Å². The van der Waals surface area contributed by atoms with E-state index in [9.17, 15) is 4.79 Å². The van der Waals surface area contributed by atoms with Gasteiger partial charge in [0.05, 0.1) is 19.9 Å². The average Bonchev–Trinajstić information content (AvgIpc) is 2.33. The molecule has 0 saturated carbocycles. The Bertz CT molecular complexity index is 544. The molecule has 0 unspecified atom stereocenters. The van der Waals surface area contributed by atoms with Crippen molar-refractivity contribution in [2.45, 2.75) is 26.4 Å². The number of alkyl carbamates (subject to hydrolysis) is 1. The third-order valence-electron chi connectivity index (χ3n) is 1.86. The second-order valence-corrected chi connectivity index (χ2v) is 5.06. The molecule has 0 bridgehead atoms. The summed E-state index contributed by atoms with van der Waals surface area (Å²) in [7, 11) is 1.46. The Balaban J connectivity index is 2.57. The lowest BCUT2D eigenvalue weighted by Gasteiger charge is -2.18. The van der Waals surface area contributed by atoms with E-state index in [0.717, 1.165) is 0 Å². The van der Waals surface area contributed by atoms with Crippen LogP contribution in [-0.2, 0) is 4.74 Å². The molecular weight excluding hydrogens is 282 g/mol. The number of aromatic nitrogens is 2. The van der Waals surface area contributed by atoms with Crippen LogP contribution >= 0.6 is 11.6 Å². The van der Waals surface area contributed by atoms with Gasteiger partial charge in [0.1, 0.15) is 11.2 Å². The van der Waals surface area contributed by atoms with Crippen molar-refractivity contribution >= 4 is 17.7 Å². The Morgan fingerprint density at radius 1 is 1.50 bits per heavy atom. The van der Waals surface area contributed by atoms with Crippen molar-refractivity contribution in [2.24, 2.45) is 0 Å². The summed E-state index contributed by atoms with van der Waals surface area (Å²) in [6.07, 6.45) is 0.931. The summed E-state index contributed by atoms with van der Waals surface area (Å²) in [5.41, 5.74) is -0.0482. The molecule has 1 rings (SSSR count). The van der Waals surface area contributed by atoms with Crippen molar-refractivity contribution in [3.63, 3.8) is 0 Å². The summed E-state index contributed by atoms with van der Waals surface area (Å²) in [4.78, 5) is 19.1. The quantitative estimate of drug-likeness (QED) is 0.668. The molecule has 6 nitrogen and oxygen atoms in total. The minimum atomic E-state index is -0.537. The molecular formula is C13H16ClN3O3. The summed E-state index contributed by atoms with van der Waals surface area (Å²) in [6.45, 7) is 5.50. The predicted molar refractivity (Wildman–Crippen MR) is 74.7 cm³/mol. The van der Waals surface area contributed by atoms with Gasteiger partial charge in [0, 0.05) is 0 Å². The molecule has 1 amide bonds. The first-order chi connectivity index (χ1) is 9.31. The monoisotopic (exact) mass is 297 g/mol. The highest BCUT2D eigenvalue weighted by molar-refractivity contribution is 6.28. The van der Waals surface area contributed by atoms with E-state index in [1.165, 1.54) is 13.3 Å². The van der Waals surface area contributed by atoms with Crippen LogP contribution in [0.1, 0.15) is 26.3 Å². The molecule has 7 heteroatoms. The van der Waals surface area contributed by atoms with Gasteiger partial charge in [-0.1, -0.05) is 11.8 Å². The molecule has 108 valence electrons. The first-order valence-corrected chi connectivity index (χ1v) is 6.22. The molecule has 1 aromatic rings. The van der Waals surface area contributed by atoms with Gasteiger partial charge in [-0.3, -0.25) is 0 Å². The third-order valence-corrected chi connectivity index (χ3v) is 2.04. The second-order valence-electron chi connectivity index (χ2n) is 4.72. The Morgan fingerprint density at radius 2 is 2.20 bits per heavy atom. The number of nitrogens with zero attached hydrogens (tertiary/aromatic N) is 2. The highest BCUT2D eigenvalue weighted by atomic mass is 35.5. The van der Waals surface area contributed by atoms with Crippen molar-refractivity contribution in [2.75, 3.05) is 13.7 Å². The van der Waals surface area contributed by atoms with Crippen molar-refractivity contribution < 1.29 is 14.3 Å². The molecule has 0 aliphatic carbocycles. The molecule has 0 spiro atoms. The average molecular weight is 298 g/mol. The van der Waals surface area contributed by atoms with Crippen LogP contribution in [-0.4, -0.2) is 35.3 Å². The molecule has 0 fully saturated rings. The second kappa shape index (κ2) is 6.96. The van der Waals surface area contributed by atoms with Gasteiger partial charge < -0.3 is 14.8 Å². The molecule has 0 aliphatic rings. The number of carbonyl (C=O) groups excluding carboxylic acids is 1. The first kappa shape index (κ1) is 16.1. The Hall–Kier alpha value is -2.00. The van der Waals surface area contributed by atoms with Crippen molar-refractivity contribution in [1.29, 1.82) is 0 Å². The summed E-state index contributed by atoms with van der Waals surface area (Å²) < 4.78 is 10.1. The molecule has 1 N–H and O–H groups in total. The van der Waals surface area contributed by atoms with Gasteiger partial charge in [0.25, 0.3) is 0 Å². The minimum Gasteiger partial charge on any atom is -0.480 e. The highest BCUT2D eigenvalue weighted by Gasteiger charge is 2.15. The zero-order valence-electron chi connectivity index (χ0n) is 11.8. The third kappa shape index (κ3) is 5.76. The molecule has 0 aromatic carbocycles. The fourth-order valence-corrected chi connectivity index (χ4v) is 1.28. The molecule has 0 aliphatic heterocycles. The fraction of sp³-hybridized carbons (Fsp3) is 0.462. The lowest BCUT2D eigenvalue weighted by molar-refractivity contribution is 0.0535. The number of hydrogen-bond acceptors (Lipinski definition) is 5. The zero-order chi connectivity index (χ0) is 15.2. The Kier molecular flexibility index (Phi) is 5.59.